The molecule has 0 fully saturated rings. The van der Waals surface area contributed by atoms with E-state index in [-0.39, 0.29) is 11.5 Å². The lowest BCUT2D eigenvalue weighted by atomic mass is 10.1. The summed E-state index contributed by atoms with van der Waals surface area (Å²) in [5.41, 5.74) is 1.28. The molecule has 1 aliphatic carbocycles. The van der Waals surface area contributed by atoms with Crippen molar-refractivity contribution in [1.29, 1.82) is 0 Å². The van der Waals surface area contributed by atoms with Crippen LogP contribution in [0, 0.1) is 10.1 Å². The lowest BCUT2D eigenvalue weighted by Crippen LogP contribution is -1.90. The maximum Gasteiger partial charge on any atom is 0.269 e. The van der Waals surface area contributed by atoms with Crippen LogP contribution in [0.5, 0.6) is 0 Å². The number of hydrogen-bond donors (Lipinski definition) is 0. The molecule has 136 valence electrons. The van der Waals surface area contributed by atoms with Gasteiger partial charge < -0.3 is 0 Å². The highest BCUT2D eigenvalue weighted by Crippen LogP contribution is 2.18. The van der Waals surface area contributed by atoms with Gasteiger partial charge in [-0.1, -0.05) is 41.5 Å². The third-order valence-corrected chi connectivity index (χ3v) is 2.32. The summed E-state index contributed by atoms with van der Waals surface area (Å²) in [6.07, 6.45) is 7.65. The molecule has 25 heavy (non-hydrogen) atoms. The van der Waals surface area contributed by atoms with E-state index < -0.39 is 4.92 Å². The molecule has 0 atom stereocenters. The third kappa shape index (κ3) is 10.5. The number of nitro groups is 1. The molecule has 2 rings (SSSR count). The standard InChI is InChI=1S/C13H9N3O3.3C2H6/c17-13-7-1-10(2-8-13)9-14-15-11-3-5-12(6-4-11)16(18)19;3*1-2/h1-9H;3*1-2H3. The number of hydrogen-bond acceptors (Lipinski definition) is 5. The number of carbonyl (C=O) groups is 1. The maximum atomic E-state index is 10.9. The van der Waals surface area contributed by atoms with Crippen LogP contribution >= 0.6 is 0 Å². The average Bonchev–Trinajstić information content (AvgIpc) is 2.68. The van der Waals surface area contributed by atoms with Gasteiger partial charge in [0.15, 0.2) is 5.78 Å². The van der Waals surface area contributed by atoms with E-state index in [2.05, 4.69) is 10.2 Å². The molecule has 0 unspecified atom stereocenters. The second-order valence-electron chi connectivity index (χ2n) is 3.69. The highest BCUT2D eigenvalue weighted by atomic mass is 16.6. The lowest BCUT2D eigenvalue weighted by molar-refractivity contribution is -0.384. The summed E-state index contributed by atoms with van der Waals surface area (Å²) in [5, 5.41) is 18.2. The Morgan fingerprint density at radius 1 is 0.880 bits per heavy atom. The highest BCUT2D eigenvalue weighted by Gasteiger charge is 2.02. The van der Waals surface area contributed by atoms with Crippen molar-refractivity contribution in [3.63, 3.8) is 0 Å². The fourth-order valence-corrected chi connectivity index (χ4v) is 1.36. The molecular formula is C19H27N3O3. The monoisotopic (exact) mass is 345 g/mol. The van der Waals surface area contributed by atoms with Gasteiger partial charge in [0, 0.05) is 12.1 Å². The smallest absolute Gasteiger partial charge is 0.269 e. The number of nitrogens with zero attached hydrogens (tertiary/aromatic N) is 3. The van der Waals surface area contributed by atoms with Crippen molar-refractivity contribution in [1.82, 2.24) is 0 Å². The van der Waals surface area contributed by atoms with E-state index in [1.165, 1.54) is 42.6 Å². The third-order valence-electron chi connectivity index (χ3n) is 2.32. The topological polar surface area (TPSA) is 84.9 Å². The van der Waals surface area contributed by atoms with Crippen LogP contribution in [0.15, 0.2) is 70.6 Å². The Kier molecular flexibility index (Phi) is 15.6. The first-order valence-corrected chi connectivity index (χ1v) is 8.41. The van der Waals surface area contributed by atoms with E-state index >= 15 is 0 Å². The molecule has 0 N–H and O–H groups in total. The van der Waals surface area contributed by atoms with E-state index in [9.17, 15) is 14.9 Å². The van der Waals surface area contributed by atoms with Gasteiger partial charge in [0.25, 0.3) is 5.69 Å². The molecule has 1 aliphatic rings. The molecule has 1 aromatic rings. The molecule has 0 aliphatic heterocycles. The van der Waals surface area contributed by atoms with Gasteiger partial charge in [-0.3, -0.25) is 14.9 Å². The zero-order valence-electron chi connectivity index (χ0n) is 15.8. The summed E-state index contributed by atoms with van der Waals surface area (Å²) >= 11 is 0. The molecule has 0 aromatic heterocycles. The van der Waals surface area contributed by atoms with Crippen molar-refractivity contribution in [3.8, 4) is 0 Å². The van der Waals surface area contributed by atoms with E-state index in [4.69, 9.17) is 0 Å². The van der Waals surface area contributed by atoms with Gasteiger partial charge in [-0.2, -0.15) is 10.2 Å². The van der Waals surface area contributed by atoms with E-state index in [1.54, 1.807) is 12.2 Å². The molecule has 0 radical (unpaired) electrons. The second kappa shape index (κ2) is 16.0. The number of benzene rings is 1. The van der Waals surface area contributed by atoms with Crippen molar-refractivity contribution in [2.45, 2.75) is 41.5 Å². The van der Waals surface area contributed by atoms with Gasteiger partial charge in [0.1, 0.15) is 0 Å². The number of rotatable bonds is 3. The predicted octanol–water partition coefficient (Wildman–Crippen LogP) is 6.34. The maximum absolute atomic E-state index is 10.9. The molecule has 0 saturated heterocycles. The number of carbonyl (C=O) groups excluding carboxylic acids is 1. The summed E-state index contributed by atoms with van der Waals surface area (Å²) in [7, 11) is 0. The Hall–Kier alpha value is -2.89. The van der Waals surface area contributed by atoms with E-state index in [0.717, 1.165) is 5.57 Å². The van der Waals surface area contributed by atoms with E-state index in [1.807, 2.05) is 41.5 Å². The largest absolute Gasteiger partial charge is 0.290 e. The van der Waals surface area contributed by atoms with Crippen LogP contribution in [-0.4, -0.2) is 10.7 Å². The quantitative estimate of drug-likeness (QED) is 0.364. The van der Waals surface area contributed by atoms with Gasteiger partial charge in [-0.25, -0.2) is 0 Å². The second-order valence-corrected chi connectivity index (χ2v) is 3.69. The minimum Gasteiger partial charge on any atom is -0.290 e. The van der Waals surface area contributed by atoms with Crippen molar-refractivity contribution >= 4 is 17.2 Å². The van der Waals surface area contributed by atoms with Gasteiger partial charge >= 0.3 is 0 Å². The number of azo groups is 1. The Morgan fingerprint density at radius 3 is 1.80 bits per heavy atom. The van der Waals surface area contributed by atoms with Crippen LogP contribution in [0.3, 0.4) is 0 Å². The minimum absolute atomic E-state index is 0.00830. The van der Waals surface area contributed by atoms with Crippen LogP contribution in [0.1, 0.15) is 41.5 Å². The van der Waals surface area contributed by atoms with Crippen molar-refractivity contribution in [2.75, 3.05) is 0 Å². The Balaban J connectivity index is 0. The van der Waals surface area contributed by atoms with Crippen LogP contribution in [0.2, 0.25) is 0 Å². The normalized spacial score (nSPS) is 11.4. The number of allylic oxidation sites excluding steroid dienone is 5. The van der Waals surface area contributed by atoms with Gasteiger partial charge in [-0.05, 0) is 42.0 Å². The summed E-state index contributed by atoms with van der Waals surface area (Å²) < 4.78 is 0. The van der Waals surface area contributed by atoms with Crippen LogP contribution in [0.25, 0.3) is 0 Å². The molecule has 0 bridgehead atoms. The number of ketones is 1. The zero-order valence-corrected chi connectivity index (χ0v) is 15.8. The molecule has 1 aromatic carbocycles. The van der Waals surface area contributed by atoms with Crippen LogP contribution in [0.4, 0.5) is 11.4 Å². The Morgan fingerprint density at radius 2 is 1.36 bits per heavy atom. The predicted molar refractivity (Wildman–Crippen MR) is 103 cm³/mol. The molecule has 0 spiro atoms. The van der Waals surface area contributed by atoms with Crippen molar-refractivity contribution in [3.05, 3.63) is 70.5 Å². The van der Waals surface area contributed by atoms with Crippen molar-refractivity contribution < 1.29 is 9.72 Å². The summed E-state index contributed by atoms with van der Waals surface area (Å²) in [6, 6.07) is 5.74. The van der Waals surface area contributed by atoms with E-state index in [0.29, 0.717) is 5.69 Å². The Bertz CT molecular complexity index is 610. The first-order chi connectivity index (χ1) is 12.1. The molecular weight excluding hydrogens is 318 g/mol. The Labute approximate surface area is 149 Å². The van der Waals surface area contributed by atoms with Gasteiger partial charge in [-0.15, -0.1) is 0 Å². The summed E-state index contributed by atoms with van der Waals surface area (Å²) in [4.78, 5) is 20.9. The molecule has 0 saturated carbocycles. The number of non-ortho nitro benzene ring substituents is 1. The van der Waals surface area contributed by atoms with Crippen molar-refractivity contribution in [2.24, 2.45) is 10.2 Å². The van der Waals surface area contributed by atoms with Gasteiger partial charge in [0.05, 0.1) is 16.8 Å². The van der Waals surface area contributed by atoms with Crippen LogP contribution < -0.4 is 0 Å². The average molecular weight is 345 g/mol. The first-order valence-electron chi connectivity index (χ1n) is 8.41. The fourth-order valence-electron chi connectivity index (χ4n) is 1.36. The highest BCUT2D eigenvalue weighted by molar-refractivity contribution is 6.01. The fraction of sp³-hybridized carbons (Fsp3) is 0.316. The minimum atomic E-state index is -0.475. The zero-order chi connectivity index (χ0) is 19.7. The van der Waals surface area contributed by atoms with Gasteiger partial charge in [0.2, 0.25) is 0 Å². The van der Waals surface area contributed by atoms with Crippen LogP contribution in [-0.2, 0) is 4.79 Å². The first kappa shape index (κ1) is 24.4. The molecule has 6 nitrogen and oxygen atoms in total. The summed E-state index contributed by atoms with van der Waals surface area (Å²) in [5.74, 6) is -0.0653. The summed E-state index contributed by atoms with van der Waals surface area (Å²) in [6.45, 7) is 12.0. The lowest BCUT2D eigenvalue weighted by Gasteiger charge is -1.95. The number of nitro benzene ring substituents is 1. The SMILES string of the molecule is CC.CC.CC.O=C1C=CC(=CN=Nc2ccc([N+](=O)[O-])cc2)C=C1. The molecule has 6 heteroatoms. The molecule has 0 amide bonds. The molecule has 0 heterocycles.